The SMILES string of the molecule is COc1ccc(S(=O)(=O)N2CCOCC2)cc1NC(=O)C1CCN(Cc2ccccc2C)CC1. The first-order chi connectivity index (χ1) is 16.4. The number of ether oxygens (including phenoxy) is 2. The number of aryl methyl sites for hydroxylation is 1. The van der Waals surface area contributed by atoms with Gasteiger partial charge in [-0.05, 0) is 62.2 Å². The van der Waals surface area contributed by atoms with Crippen molar-refractivity contribution in [2.75, 3.05) is 51.8 Å². The Morgan fingerprint density at radius 1 is 1.09 bits per heavy atom. The Hall–Kier alpha value is -2.46. The van der Waals surface area contributed by atoms with E-state index in [1.807, 2.05) is 6.07 Å². The predicted octanol–water partition coefficient (Wildman–Crippen LogP) is 2.88. The number of anilines is 1. The summed E-state index contributed by atoms with van der Waals surface area (Å²) in [7, 11) is -2.17. The van der Waals surface area contributed by atoms with Gasteiger partial charge in [-0.25, -0.2) is 8.42 Å². The van der Waals surface area contributed by atoms with Crippen molar-refractivity contribution in [3.05, 3.63) is 53.6 Å². The molecule has 8 nitrogen and oxygen atoms in total. The van der Waals surface area contributed by atoms with E-state index in [0.29, 0.717) is 37.7 Å². The minimum Gasteiger partial charge on any atom is -0.495 e. The minimum absolute atomic E-state index is 0.102. The molecule has 0 unspecified atom stereocenters. The normalized spacial score (nSPS) is 18.5. The standard InChI is InChI=1S/C25H33N3O5S/c1-19-5-3-4-6-21(19)18-27-11-9-20(10-12-27)25(29)26-23-17-22(7-8-24(23)32-2)34(30,31)28-13-15-33-16-14-28/h3-8,17,20H,9-16,18H2,1-2H3,(H,26,29). The third-order valence-electron chi connectivity index (χ3n) is 6.65. The second-order valence-electron chi connectivity index (χ2n) is 8.84. The van der Waals surface area contributed by atoms with Gasteiger partial charge in [0.2, 0.25) is 15.9 Å². The van der Waals surface area contributed by atoms with E-state index in [4.69, 9.17) is 9.47 Å². The molecule has 2 fully saturated rings. The fraction of sp³-hybridized carbons (Fsp3) is 0.480. The zero-order valence-corrected chi connectivity index (χ0v) is 20.6. The number of morpholine rings is 1. The van der Waals surface area contributed by atoms with Gasteiger partial charge in [-0.3, -0.25) is 9.69 Å². The van der Waals surface area contributed by atoms with Gasteiger partial charge in [-0.15, -0.1) is 0 Å². The fourth-order valence-corrected chi connectivity index (χ4v) is 5.93. The Balaban J connectivity index is 1.40. The maximum Gasteiger partial charge on any atom is 0.243 e. The fourth-order valence-electron chi connectivity index (χ4n) is 4.50. The van der Waals surface area contributed by atoms with E-state index < -0.39 is 10.0 Å². The van der Waals surface area contributed by atoms with Crippen molar-refractivity contribution >= 4 is 21.6 Å². The quantitative estimate of drug-likeness (QED) is 0.646. The summed E-state index contributed by atoms with van der Waals surface area (Å²) in [5, 5.41) is 2.93. The summed E-state index contributed by atoms with van der Waals surface area (Å²) >= 11 is 0. The molecule has 0 aromatic heterocycles. The first kappa shape index (κ1) is 24.7. The van der Waals surface area contributed by atoms with Gasteiger partial charge in [0.25, 0.3) is 0 Å². The molecule has 0 aliphatic carbocycles. The lowest BCUT2D eigenvalue weighted by molar-refractivity contribution is -0.121. The molecule has 0 bridgehead atoms. The monoisotopic (exact) mass is 487 g/mol. The van der Waals surface area contributed by atoms with Crippen LogP contribution in [0.5, 0.6) is 5.75 Å². The zero-order valence-electron chi connectivity index (χ0n) is 19.8. The second kappa shape index (κ2) is 10.9. The van der Waals surface area contributed by atoms with Crippen molar-refractivity contribution in [3.8, 4) is 5.75 Å². The van der Waals surface area contributed by atoms with Crippen LogP contribution in [0.2, 0.25) is 0 Å². The molecular formula is C25H33N3O5S. The van der Waals surface area contributed by atoms with Gasteiger partial charge in [0, 0.05) is 25.6 Å². The maximum atomic E-state index is 13.1. The van der Waals surface area contributed by atoms with Crippen LogP contribution in [0.1, 0.15) is 24.0 Å². The topological polar surface area (TPSA) is 88.2 Å². The number of piperidine rings is 1. The van der Waals surface area contributed by atoms with Gasteiger partial charge < -0.3 is 14.8 Å². The summed E-state index contributed by atoms with van der Waals surface area (Å²) in [5.74, 6) is 0.207. The van der Waals surface area contributed by atoms with Crippen LogP contribution in [0.3, 0.4) is 0 Å². The number of nitrogens with zero attached hydrogens (tertiary/aromatic N) is 2. The van der Waals surface area contributed by atoms with Crippen LogP contribution >= 0.6 is 0 Å². The predicted molar refractivity (Wildman–Crippen MR) is 130 cm³/mol. The molecule has 2 aromatic rings. The van der Waals surface area contributed by atoms with Crippen LogP contribution in [0.25, 0.3) is 0 Å². The molecule has 2 aromatic carbocycles. The molecule has 2 aliphatic rings. The second-order valence-corrected chi connectivity index (χ2v) is 10.8. The molecule has 0 atom stereocenters. The molecule has 4 rings (SSSR count). The van der Waals surface area contributed by atoms with Crippen LogP contribution in [0.15, 0.2) is 47.4 Å². The highest BCUT2D eigenvalue weighted by molar-refractivity contribution is 7.89. The highest BCUT2D eigenvalue weighted by atomic mass is 32.2. The minimum atomic E-state index is -3.67. The number of sulfonamides is 1. The number of benzene rings is 2. The van der Waals surface area contributed by atoms with Crippen LogP contribution in [0, 0.1) is 12.8 Å². The summed E-state index contributed by atoms with van der Waals surface area (Å²) in [6.07, 6.45) is 1.51. The number of hydrogen-bond acceptors (Lipinski definition) is 6. The molecular weight excluding hydrogens is 454 g/mol. The van der Waals surface area contributed by atoms with Crippen LogP contribution in [-0.4, -0.2) is 70.0 Å². The Kier molecular flexibility index (Phi) is 7.88. The molecule has 184 valence electrons. The summed E-state index contributed by atoms with van der Waals surface area (Å²) in [6.45, 7) is 6.08. The first-order valence-electron chi connectivity index (χ1n) is 11.7. The van der Waals surface area contributed by atoms with Gasteiger partial charge in [0.1, 0.15) is 5.75 Å². The number of rotatable bonds is 7. The Morgan fingerprint density at radius 3 is 2.47 bits per heavy atom. The van der Waals surface area contributed by atoms with Crippen molar-refractivity contribution in [1.29, 1.82) is 0 Å². The van der Waals surface area contributed by atoms with E-state index in [1.165, 1.54) is 34.7 Å². The first-order valence-corrected chi connectivity index (χ1v) is 13.2. The number of methoxy groups -OCH3 is 1. The number of amides is 1. The molecule has 2 aliphatic heterocycles. The highest BCUT2D eigenvalue weighted by Gasteiger charge is 2.29. The van der Waals surface area contributed by atoms with E-state index in [-0.39, 0.29) is 16.7 Å². The molecule has 0 spiro atoms. The third-order valence-corrected chi connectivity index (χ3v) is 8.54. The van der Waals surface area contributed by atoms with Crippen LogP contribution in [0.4, 0.5) is 5.69 Å². The summed E-state index contributed by atoms with van der Waals surface area (Å²) in [6, 6.07) is 13.0. The summed E-state index contributed by atoms with van der Waals surface area (Å²) in [4.78, 5) is 15.6. The molecule has 2 heterocycles. The van der Waals surface area contributed by atoms with Crippen LogP contribution < -0.4 is 10.1 Å². The lowest BCUT2D eigenvalue weighted by Gasteiger charge is -2.31. The smallest absolute Gasteiger partial charge is 0.243 e. The molecule has 1 amide bonds. The van der Waals surface area contributed by atoms with E-state index in [2.05, 4.69) is 35.3 Å². The van der Waals surface area contributed by atoms with Crippen LogP contribution in [-0.2, 0) is 26.1 Å². The third kappa shape index (κ3) is 5.60. The Bertz CT molecular complexity index is 1110. The molecule has 1 N–H and O–H groups in total. The van der Waals surface area contributed by atoms with E-state index in [0.717, 1.165) is 32.5 Å². The number of hydrogen-bond donors (Lipinski definition) is 1. The number of carbonyl (C=O) groups excluding carboxylic acids is 1. The lowest BCUT2D eigenvalue weighted by Crippen LogP contribution is -2.40. The van der Waals surface area contributed by atoms with Gasteiger partial charge in [-0.2, -0.15) is 4.31 Å². The largest absolute Gasteiger partial charge is 0.495 e. The number of nitrogens with one attached hydrogen (secondary N) is 1. The maximum absolute atomic E-state index is 13.1. The van der Waals surface area contributed by atoms with Crippen molar-refractivity contribution in [1.82, 2.24) is 9.21 Å². The van der Waals surface area contributed by atoms with E-state index in [1.54, 1.807) is 6.07 Å². The van der Waals surface area contributed by atoms with Crippen molar-refractivity contribution in [2.45, 2.75) is 31.2 Å². The lowest BCUT2D eigenvalue weighted by atomic mass is 9.95. The summed E-state index contributed by atoms with van der Waals surface area (Å²) in [5.41, 5.74) is 2.97. The molecule has 0 radical (unpaired) electrons. The highest BCUT2D eigenvalue weighted by Crippen LogP contribution is 2.31. The molecule has 0 saturated carbocycles. The van der Waals surface area contributed by atoms with Crippen molar-refractivity contribution in [3.63, 3.8) is 0 Å². The molecule has 9 heteroatoms. The Morgan fingerprint density at radius 2 is 1.79 bits per heavy atom. The zero-order chi connectivity index (χ0) is 24.1. The number of likely N-dealkylation sites (tertiary alicyclic amines) is 1. The van der Waals surface area contributed by atoms with E-state index >= 15 is 0 Å². The van der Waals surface area contributed by atoms with Gasteiger partial charge in [0.15, 0.2) is 0 Å². The van der Waals surface area contributed by atoms with Crippen molar-refractivity contribution < 1.29 is 22.7 Å². The average molecular weight is 488 g/mol. The Labute approximate surface area is 201 Å². The van der Waals surface area contributed by atoms with Crippen molar-refractivity contribution in [2.24, 2.45) is 5.92 Å². The molecule has 34 heavy (non-hydrogen) atoms. The van der Waals surface area contributed by atoms with Gasteiger partial charge in [0.05, 0.1) is 30.9 Å². The van der Waals surface area contributed by atoms with Gasteiger partial charge >= 0.3 is 0 Å². The average Bonchev–Trinajstić information content (AvgIpc) is 2.86. The summed E-state index contributed by atoms with van der Waals surface area (Å²) < 4.78 is 38.2. The van der Waals surface area contributed by atoms with Gasteiger partial charge in [-0.1, -0.05) is 24.3 Å². The molecule has 2 saturated heterocycles. The number of carbonyl (C=O) groups is 1. The van der Waals surface area contributed by atoms with E-state index in [9.17, 15) is 13.2 Å².